The number of hydrogen-bond donors (Lipinski definition) is 1. The Morgan fingerprint density at radius 1 is 1.14 bits per heavy atom. The van der Waals surface area contributed by atoms with E-state index in [9.17, 15) is 0 Å². The molecule has 0 bridgehead atoms. The van der Waals surface area contributed by atoms with Gasteiger partial charge in [-0.2, -0.15) is 0 Å². The van der Waals surface area contributed by atoms with Gasteiger partial charge in [-0.1, -0.05) is 26.0 Å². The Hall–Kier alpha value is -1.06. The minimum atomic E-state index is 0. The molecule has 1 N–H and O–H groups in total. The van der Waals surface area contributed by atoms with Crippen LogP contribution in [0.2, 0.25) is 0 Å². The number of benzene rings is 1. The predicted octanol–water partition coefficient (Wildman–Crippen LogP) is 3.90. The maximum Gasteiger partial charge on any atom is 0.193 e. The molecule has 166 valence electrons. The number of nitrogens with zero attached hydrogens (tertiary/aromatic N) is 2. The number of aliphatic imine (C=N–C) groups is 1. The molecule has 1 heterocycles. The van der Waals surface area contributed by atoms with Crippen molar-refractivity contribution in [1.29, 1.82) is 0 Å². The third kappa shape index (κ3) is 9.53. The number of nitrogens with one attached hydrogen (secondary N) is 1. The highest BCUT2D eigenvalue weighted by Crippen LogP contribution is 2.18. The van der Waals surface area contributed by atoms with Crippen molar-refractivity contribution in [3.63, 3.8) is 0 Å². The van der Waals surface area contributed by atoms with Gasteiger partial charge in [0, 0.05) is 40.5 Å². The van der Waals surface area contributed by atoms with E-state index in [1.165, 1.54) is 5.56 Å². The molecule has 0 atom stereocenters. The molecule has 0 aliphatic carbocycles. The quantitative estimate of drug-likeness (QED) is 0.220. The number of likely N-dealkylation sites (tertiary alicyclic amines) is 1. The fourth-order valence-corrected chi connectivity index (χ4v) is 3.30. The number of ether oxygens (including phenoxy) is 3. The van der Waals surface area contributed by atoms with Gasteiger partial charge in [0.1, 0.15) is 12.4 Å². The summed E-state index contributed by atoms with van der Waals surface area (Å²) >= 11 is 0. The Labute approximate surface area is 193 Å². The molecule has 0 aromatic heterocycles. The van der Waals surface area contributed by atoms with E-state index in [4.69, 9.17) is 14.2 Å². The Kier molecular flexibility index (Phi) is 13.3. The van der Waals surface area contributed by atoms with Gasteiger partial charge in [-0.25, -0.2) is 0 Å². The second-order valence-corrected chi connectivity index (χ2v) is 7.45. The summed E-state index contributed by atoms with van der Waals surface area (Å²) in [7, 11) is 3.56. The number of halogens is 1. The minimum Gasteiger partial charge on any atom is -0.492 e. The van der Waals surface area contributed by atoms with E-state index in [0.29, 0.717) is 18.6 Å². The van der Waals surface area contributed by atoms with Crippen LogP contribution >= 0.6 is 24.0 Å². The van der Waals surface area contributed by atoms with Gasteiger partial charge in [-0.05, 0) is 42.9 Å². The fraction of sp³-hybridized carbons (Fsp3) is 0.682. The summed E-state index contributed by atoms with van der Waals surface area (Å²) in [6, 6.07) is 8.35. The molecule has 0 saturated carbocycles. The monoisotopic (exact) mass is 519 g/mol. The molecule has 0 spiro atoms. The third-order valence-corrected chi connectivity index (χ3v) is 5.00. The molecule has 2 rings (SSSR count). The Balaban J connectivity index is 0.00000420. The van der Waals surface area contributed by atoms with E-state index in [-0.39, 0.29) is 24.0 Å². The van der Waals surface area contributed by atoms with Crippen LogP contribution < -0.4 is 10.1 Å². The largest absolute Gasteiger partial charge is 0.492 e. The summed E-state index contributed by atoms with van der Waals surface area (Å²) in [5.74, 6) is 2.39. The topological polar surface area (TPSA) is 55.3 Å². The van der Waals surface area contributed by atoms with Crippen LogP contribution in [0.15, 0.2) is 29.3 Å². The van der Waals surface area contributed by atoms with Crippen LogP contribution in [0, 0.1) is 0 Å². The lowest BCUT2D eigenvalue weighted by Crippen LogP contribution is -2.47. The molecule has 0 amide bonds. The van der Waals surface area contributed by atoms with Gasteiger partial charge in [0.2, 0.25) is 0 Å². The molecule has 29 heavy (non-hydrogen) atoms. The number of piperidine rings is 1. The maximum absolute atomic E-state index is 5.93. The van der Waals surface area contributed by atoms with Crippen molar-refractivity contribution in [1.82, 2.24) is 10.2 Å². The SMILES string of the molecule is CN=C(NCCOc1ccc(C(C)C)cc1)N1CCC(OCCCOC)CC1.I. The van der Waals surface area contributed by atoms with Gasteiger partial charge in [0.15, 0.2) is 5.96 Å². The van der Waals surface area contributed by atoms with Crippen LogP contribution in [-0.2, 0) is 9.47 Å². The Morgan fingerprint density at radius 3 is 2.41 bits per heavy atom. The highest BCUT2D eigenvalue weighted by atomic mass is 127. The lowest BCUT2D eigenvalue weighted by molar-refractivity contribution is 0.00989. The molecule has 1 fully saturated rings. The maximum atomic E-state index is 5.93. The summed E-state index contributed by atoms with van der Waals surface area (Å²) < 4.78 is 16.8. The molecule has 1 aromatic carbocycles. The normalized spacial score (nSPS) is 15.3. The van der Waals surface area contributed by atoms with Crippen molar-refractivity contribution < 1.29 is 14.2 Å². The van der Waals surface area contributed by atoms with E-state index < -0.39 is 0 Å². The average Bonchev–Trinajstić information content (AvgIpc) is 2.72. The summed E-state index contributed by atoms with van der Waals surface area (Å²) in [6.07, 6.45) is 3.38. The van der Waals surface area contributed by atoms with Crippen molar-refractivity contribution in [3.8, 4) is 5.75 Å². The highest BCUT2D eigenvalue weighted by Gasteiger charge is 2.21. The van der Waals surface area contributed by atoms with Crippen LogP contribution in [0.5, 0.6) is 5.75 Å². The van der Waals surface area contributed by atoms with Gasteiger partial charge >= 0.3 is 0 Å². The number of methoxy groups -OCH3 is 1. The standard InChI is InChI=1S/C22H37N3O3.HI/c1-18(2)19-6-8-20(9-7-19)28-17-12-24-22(23-3)25-13-10-21(11-14-25)27-16-5-15-26-4;/h6-9,18,21H,5,10-17H2,1-4H3,(H,23,24);1H. The van der Waals surface area contributed by atoms with E-state index in [1.54, 1.807) is 7.11 Å². The second-order valence-electron chi connectivity index (χ2n) is 7.45. The molecule has 0 radical (unpaired) electrons. The predicted molar refractivity (Wildman–Crippen MR) is 130 cm³/mol. The van der Waals surface area contributed by atoms with Gasteiger partial charge in [0.25, 0.3) is 0 Å². The van der Waals surface area contributed by atoms with Crippen LogP contribution in [-0.4, -0.2) is 70.6 Å². The number of hydrogen-bond acceptors (Lipinski definition) is 4. The molecular weight excluding hydrogens is 481 g/mol. The second kappa shape index (κ2) is 14.8. The zero-order valence-electron chi connectivity index (χ0n) is 18.4. The van der Waals surface area contributed by atoms with Crippen LogP contribution in [0.25, 0.3) is 0 Å². The Bertz CT molecular complexity index is 573. The van der Waals surface area contributed by atoms with E-state index in [2.05, 4.69) is 41.2 Å². The van der Waals surface area contributed by atoms with Crippen molar-refractivity contribution in [2.75, 3.05) is 53.6 Å². The van der Waals surface area contributed by atoms with Crippen molar-refractivity contribution in [2.24, 2.45) is 4.99 Å². The third-order valence-electron chi connectivity index (χ3n) is 5.00. The molecule has 1 aromatic rings. The Morgan fingerprint density at radius 2 is 1.83 bits per heavy atom. The first kappa shape index (κ1) is 26.0. The van der Waals surface area contributed by atoms with Crippen LogP contribution in [0.3, 0.4) is 0 Å². The zero-order valence-corrected chi connectivity index (χ0v) is 20.7. The van der Waals surface area contributed by atoms with E-state index in [1.807, 2.05) is 19.2 Å². The van der Waals surface area contributed by atoms with E-state index >= 15 is 0 Å². The number of guanidine groups is 1. The lowest BCUT2D eigenvalue weighted by atomic mass is 10.0. The summed E-state index contributed by atoms with van der Waals surface area (Å²) in [6.45, 7) is 9.20. The smallest absolute Gasteiger partial charge is 0.193 e. The first-order chi connectivity index (χ1) is 13.6. The first-order valence-electron chi connectivity index (χ1n) is 10.4. The van der Waals surface area contributed by atoms with Gasteiger partial charge in [-0.15, -0.1) is 24.0 Å². The molecule has 1 aliphatic rings. The van der Waals surface area contributed by atoms with Gasteiger partial charge in [0.05, 0.1) is 12.6 Å². The van der Waals surface area contributed by atoms with Crippen molar-refractivity contribution >= 4 is 29.9 Å². The summed E-state index contributed by atoms with van der Waals surface area (Å²) in [5.41, 5.74) is 1.33. The lowest BCUT2D eigenvalue weighted by Gasteiger charge is -2.34. The minimum absolute atomic E-state index is 0. The molecule has 1 aliphatic heterocycles. The summed E-state index contributed by atoms with van der Waals surface area (Å²) in [4.78, 5) is 6.72. The molecule has 6 nitrogen and oxygen atoms in total. The molecule has 0 unspecified atom stereocenters. The molecule has 7 heteroatoms. The van der Waals surface area contributed by atoms with E-state index in [0.717, 1.165) is 63.8 Å². The fourth-order valence-electron chi connectivity index (χ4n) is 3.30. The number of rotatable bonds is 10. The van der Waals surface area contributed by atoms with Crippen LogP contribution in [0.1, 0.15) is 44.6 Å². The highest BCUT2D eigenvalue weighted by molar-refractivity contribution is 14.0. The van der Waals surface area contributed by atoms with Crippen molar-refractivity contribution in [2.45, 2.75) is 45.1 Å². The molecular formula is C22H38IN3O3. The zero-order chi connectivity index (χ0) is 20.2. The summed E-state index contributed by atoms with van der Waals surface area (Å²) in [5, 5.41) is 3.41. The molecule has 1 saturated heterocycles. The average molecular weight is 519 g/mol. The first-order valence-corrected chi connectivity index (χ1v) is 10.4. The van der Waals surface area contributed by atoms with Gasteiger partial charge in [-0.3, -0.25) is 4.99 Å². The van der Waals surface area contributed by atoms with Gasteiger partial charge < -0.3 is 24.4 Å². The van der Waals surface area contributed by atoms with Crippen LogP contribution in [0.4, 0.5) is 0 Å². The van der Waals surface area contributed by atoms with Crippen molar-refractivity contribution in [3.05, 3.63) is 29.8 Å².